The van der Waals surface area contributed by atoms with Crippen molar-refractivity contribution in [1.82, 2.24) is 5.32 Å². The van der Waals surface area contributed by atoms with Gasteiger partial charge in [-0.3, -0.25) is 9.11 Å². The first-order valence-corrected chi connectivity index (χ1v) is 6.33. The maximum atomic E-state index is 8.74. The van der Waals surface area contributed by atoms with Gasteiger partial charge in [-0.1, -0.05) is 0 Å². The molecule has 0 saturated carbocycles. The van der Waals surface area contributed by atoms with Crippen LogP contribution in [0.1, 0.15) is 0 Å². The van der Waals surface area contributed by atoms with Gasteiger partial charge >= 0.3 is 72.7 Å². The molecule has 0 aliphatic rings. The molecule has 0 aromatic carbocycles. The number of rotatable bonds is 4. The van der Waals surface area contributed by atoms with Crippen molar-refractivity contribution < 1.29 is 17.5 Å². The fourth-order valence-corrected chi connectivity index (χ4v) is 0.757. The Morgan fingerprint density at radius 3 is 2.00 bits per heavy atom. The first-order valence-electron chi connectivity index (χ1n) is 3.52. The average Bonchev–Trinajstić information content (AvgIpc) is 1.85. The minimum Gasteiger partial charge on any atom is -0.264 e. The molecule has 0 bridgehead atoms. The monoisotopic (exact) mass is 208 g/mol. The van der Waals surface area contributed by atoms with E-state index in [4.69, 9.17) is 23.3 Å². The van der Waals surface area contributed by atoms with E-state index in [1.165, 1.54) is 31.6 Å². The quantitative estimate of drug-likeness (QED) is 0.253. The van der Waals surface area contributed by atoms with E-state index in [0.29, 0.717) is 0 Å². The van der Waals surface area contributed by atoms with E-state index in [1.54, 1.807) is 0 Å². The summed E-state index contributed by atoms with van der Waals surface area (Å²) in [5.41, 5.74) is 5.22. The summed E-state index contributed by atoms with van der Waals surface area (Å²) < 4.78 is 32.9. The third-order valence-corrected chi connectivity index (χ3v) is 1.25. The van der Waals surface area contributed by atoms with Gasteiger partial charge in [-0.05, 0) is 0 Å². The Labute approximate surface area is 89.9 Å². The minimum atomic E-state index is -4.67. The molecule has 0 spiro atoms. The molecule has 0 fully saturated rings. The summed E-state index contributed by atoms with van der Waals surface area (Å²) in [6, 6.07) is 0. The molecule has 0 saturated heterocycles. The van der Waals surface area contributed by atoms with Crippen LogP contribution in [0.25, 0.3) is 0 Å². The van der Waals surface area contributed by atoms with Crippen LogP contribution in [0.5, 0.6) is 0 Å². The fourth-order valence-electron chi connectivity index (χ4n) is 0.404. The summed E-state index contributed by atoms with van der Waals surface area (Å²) >= 11 is 1.30. The minimum absolute atomic E-state index is 0.765. The molecular weight excluding hydrogens is 195 g/mol. The van der Waals surface area contributed by atoms with Crippen molar-refractivity contribution in [2.75, 3.05) is 19.6 Å². The Hall–Kier alpha value is 0.790. The van der Waals surface area contributed by atoms with Crippen molar-refractivity contribution in [3.63, 3.8) is 0 Å². The number of hydrogen-bond donors (Lipinski definition) is 4. The number of nitrogens with one attached hydrogen (secondary N) is 1. The van der Waals surface area contributed by atoms with Gasteiger partial charge in [0.2, 0.25) is 0 Å². The maximum absolute atomic E-state index is 8.74. The molecule has 0 heterocycles. The van der Waals surface area contributed by atoms with E-state index >= 15 is 0 Å². The Kier molecular flexibility index (Phi) is 12.6. The van der Waals surface area contributed by atoms with E-state index in [0.717, 1.165) is 19.6 Å². The van der Waals surface area contributed by atoms with Crippen LogP contribution < -0.4 is 11.1 Å². The predicted molar refractivity (Wildman–Crippen MR) is 46.7 cm³/mol. The number of hydrogen-bond acceptors (Lipinski definition) is 4. The molecule has 0 aliphatic heterocycles. The Balaban J connectivity index is 0. The summed E-state index contributed by atoms with van der Waals surface area (Å²) in [6.45, 7) is 2.90. The van der Waals surface area contributed by atoms with E-state index < -0.39 is 10.4 Å². The van der Waals surface area contributed by atoms with Gasteiger partial charge in [0.05, 0.1) is 0 Å². The Bertz CT molecular complexity index is 160. The first kappa shape index (κ1) is 15.3. The second kappa shape index (κ2) is 9.87. The standard InChI is InChI=1S/C4H11N2.Na.H2O4S/c1-2-6-4-3-5;;1-5(2,3)4/h6H,1-5H2;;(H2,1,2,3,4). The summed E-state index contributed by atoms with van der Waals surface area (Å²) in [5.74, 6) is 0. The molecule has 5 N–H and O–H groups in total. The average molecular weight is 208 g/mol. The zero-order valence-electron chi connectivity index (χ0n) is 7.02. The molecule has 0 rings (SSSR count). The molecule has 70 valence electrons. The molecule has 8 heteroatoms. The normalized spacial score (nSPS) is 10.4. The first-order chi connectivity index (χ1) is 5.41. The second-order valence-corrected chi connectivity index (χ2v) is 3.88. The topological polar surface area (TPSA) is 113 Å². The van der Waals surface area contributed by atoms with Crippen LogP contribution in [0.15, 0.2) is 0 Å². The molecule has 0 aliphatic carbocycles. The van der Waals surface area contributed by atoms with Crippen LogP contribution in [0.4, 0.5) is 0 Å². The van der Waals surface area contributed by atoms with Crippen molar-refractivity contribution in [3.05, 3.63) is 0 Å². The van der Waals surface area contributed by atoms with Crippen LogP contribution in [0.2, 0.25) is 3.67 Å². The Morgan fingerprint density at radius 2 is 1.75 bits per heavy atom. The molecule has 0 atom stereocenters. The third-order valence-electron chi connectivity index (χ3n) is 0.748. The Morgan fingerprint density at radius 1 is 1.33 bits per heavy atom. The molecule has 0 aromatic heterocycles. The zero-order chi connectivity index (χ0) is 10.0. The van der Waals surface area contributed by atoms with Gasteiger partial charge in [0.15, 0.2) is 0 Å². The summed E-state index contributed by atoms with van der Waals surface area (Å²) in [7, 11) is -4.67. The molecule has 0 radical (unpaired) electrons. The SMILES string of the molecule is NCCNC[CH2][Na].O=S(=O)(O)O. The zero-order valence-corrected chi connectivity index (χ0v) is 9.84. The van der Waals surface area contributed by atoms with Gasteiger partial charge in [0.1, 0.15) is 0 Å². The third kappa shape index (κ3) is 45.1. The summed E-state index contributed by atoms with van der Waals surface area (Å²) in [4.78, 5) is 0. The molecular formula is C4H13N2NaO4S. The van der Waals surface area contributed by atoms with E-state index in [2.05, 4.69) is 5.32 Å². The van der Waals surface area contributed by atoms with E-state index in [9.17, 15) is 0 Å². The van der Waals surface area contributed by atoms with Crippen LogP contribution in [0.3, 0.4) is 0 Å². The molecule has 12 heavy (non-hydrogen) atoms. The number of nitrogens with two attached hydrogens (primary N) is 1. The van der Waals surface area contributed by atoms with Crippen molar-refractivity contribution in [2.45, 2.75) is 3.67 Å². The van der Waals surface area contributed by atoms with Crippen molar-refractivity contribution in [1.29, 1.82) is 0 Å². The second-order valence-electron chi connectivity index (χ2n) is 1.99. The van der Waals surface area contributed by atoms with Crippen molar-refractivity contribution >= 4 is 38.3 Å². The van der Waals surface area contributed by atoms with Gasteiger partial charge in [-0.2, -0.15) is 8.42 Å². The van der Waals surface area contributed by atoms with Crippen molar-refractivity contribution in [2.24, 2.45) is 5.73 Å². The van der Waals surface area contributed by atoms with Crippen LogP contribution >= 0.6 is 0 Å². The largest absolute Gasteiger partial charge is 0.394 e. The molecule has 0 aromatic rings. The maximum Gasteiger partial charge on any atom is 0.394 e. The summed E-state index contributed by atoms with van der Waals surface area (Å²) in [5, 5.41) is 3.19. The smallest absolute Gasteiger partial charge is 0.264 e. The van der Waals surface area contributed by atoms with Crippen LogP contribution in [-0.2, 0) is 10.4 Å². The van der Waals surface area contributed by atoms with Gasteiger partial charge in [-0.15, -0.1) is 0 Å². The van der Waals surface area contributed by atoms with E-state index in [-0.39, 0.29) is 0 Å². The van der Waals surface area contributed by atoms with Crippen molar-refractivity contribution in [3.8, 4) is 0 Å². The predicted octanol–water partition coefficient (Wildman–Crippen LogP) is -1.53. The van der Waals surface area contributed by atoms with Crippen LogP contribution in [0, 0.1) is 0 Å². The van der Waals surface area contributed by atoms with E-state index in [1.807, 2.05) is 0 Å². The van der Waals surface area contributed by atoms with Crippen LogP contribution in [-0.4, -0.2) is 65.1 Å². The van der Waals surface area contributed by atoms with Gasteiger partial charge in [-0.25, -0.2) is 0 Å². The summed E-state index contributed by atoms with van der Waals surface area (Å²) in [6.07, 6.45) is 0. The van der Waals surface area contributed by atoms with Gasteiger partial charge < -0.3 is 0 Å². The molecule has 0 unspecified atom stereocenters. The molecule has 6 nitrogen and oxygen atoms in total. The van der Waals surface area contributed by atoms with Gasteiger partial charge in [0.25, 0.3) is 0 Å². The van der Waals surface area contributed by atoms with Gasteiger partial charge in [0, 0.05) is 0 Å². The fraction of sp³-hybridized carbons (Fsp3) is 1.00. The molecule has 0 amide bonds.